The van der Waals surface area contributed by atoms with Gasteiger partial charge in [-0.2, -0.15) is 0 Å². The summed E-state index contributed by atoms with van der Waals surface area (Å²) >= 11 is 0. The second kappa shape index (κ2) is 7.27. The molecule has 0 atom stereocenters. The quantitative estimate of drug-likeness (QED) is 0.730. The topological polar surface area (TPSA) is 48.0 Å². The molecule has 1 heterocycles. The first-order chi connectivity index (χ1) is 9.26. The van der Waals surface area contributed by atoms with E-state index in [4.69, 9.17) is 14.2 Å². The van der Waals surface area contributed by atoms with Crippen molar-refractivity contribution in [3.05, 3.63) is 0 Å². The van der Waals surface area contributed by atoms with Crippen LogP contribution in [-0.2, 0) is 14.2 Å². The van der Waals surface area contributed by atoms with Crippen LogP contribution in [0.4, 0.5) is 4.79 Å². The van der Waals surface area contributed by atoms with Crippen LogP contribution in [0, 0.1) is 0 Å². The molecule has 0 bridgehead atoms. The van der Waals surface area contributed by atoms with Gasteiger partial charge >= 0.3 is 6.09 Å². The Kier molecular flexibility index (Phi) is 6.27. The molecular weight excluding hydrogens is 258 g/mol. The number of hydrogen-bond acceptors (Lipinski definition) is 4. The third kappa shape index (κ3) is 6.09. The summed E-state index contributed by atoms with van der Waals surface area (Å²) in [5.74, 6) is 0. The van der Waals surface area contributed by atoms with Gasteiger partial charge < -0.3 is 19.1 Å². The van der Waals surface area contributed by atoms with E-state index in [0.717, 1.165) is 12.8 Å². The van der Waals surface area contributed by atoms with Gasteiger partial charge in [-0.05, 0) is 47.5 Å². The lowest BCUT2D eigenvalue weighted by molar-refractivity contribution is -0.0870. The fraction of sp³-hybridized carbons (Fsp3) is 0.933. The monoisotopic (exact) mass is 287 g/mol. The summed E-state index contributed by atoms with van der Waals surface area (Å²) in [7, 11) is 0. The van der Waals surface area contributed by atoms with Gasteiger partial charge in [0.2, 0.25) is 0 Å². The molecule has 0 aromatic rings. The Balaban J connectivity index is 2.33. The maximum Gasteiger partial charge on any atom is 0.410 e. The predicted octanol–water partition coefficient (Wildman–Crippen LogP) is 2.83. The van der Waals surface area contributed by atoms with Crippen LogP contribution < -0.4 is 0 Å². The summed E-state index contributed by atoms with van der Waals surface area (Å²) in [5, 5.41) is 0. The summed E-state index contributed by atoms with van der Waals surface area (Å²) < 4.78 is 16.6. The van der Waals surface area contributed by atoms with Crippen molar-refractivity contribution in [2.75, 3.05) is 32.9 Å². The van der Waals surface area contributed by atoms with E-state index >= 15 is 0 Å². The number of amides is 1. The largest absolute Gasteiger partial charge is 0.444 e. The second-order valence-corrected chi connectivity index (χ2v) is 6.46. The lowest BCUT2D eigenvalue weighted by Crippen LogP contribution is -2.48. The normalized spacial score (nSPS) is 18.9. The van der Waals surface area contributed by atoms with Crippen molar-refractivity contribution in [3.8, 4) is 0 Å². The first-order valence-electron chi connectivity index (χ1n) is 7.45. The first-order valence-corrected chi connectivity index (χ1v) is 7.45. The molecule has 5 nitrogen and oxygen atoms in total. The molecule has 0 saturated carbocycles. The van der Waals surface area contributed by atoms with Gasteiger partial charge in [0.1, 0.15) is 5.60 Å². The molecule has 0 aromatic carbocycles. The fourth-order valence-electron chi connectivity index (χ4n) is 2.12. The molecule has 1 aliphatic rings. The Bertz CT molecular complexity index is 303. The fourth-order valence-corrected chi connectivity index (χ4v) is 2.12. The SMILES string of the molecule is CCOCCOC1(C)CCN(C(=O)OC(C)(C)C)CC1. The molecule has 0 N–H and O–H groups in total. The molecule has 1 fully saturated rings. The van der Waals surface area contributed by atoms with Gasteiger partial charge in [-0.1, -0.05) is 0 Å². The van der Waals surface area contributed by atoms with Crippen LogP contribution in [0.1, 0.15) is 47.5 Å². The van der Waals surface area contributed by atoms with E-state index in [1.807, 2.05) is 27.7 Å². The molecule has 0 aromatic heterocycles. The van der Waals surface area contributed by atoms with E-state index in [9.17, 15) is 4.79 Å². The highest BCUT2D eigenvalue weighted by atomic mass is 16.6. The molecule has 20 heavy (non-hydrogen) atoms. The Morgan fingerprint density at radius 1 is 1.20 bits per heavy atom. The third-order valence-corrected chi connectivity index (χ3v) is 3.36. The maximum atomic E-state index is 12.0. The number of likely N-dealkylation sites (tertiary alicyclic amines) is 1. The number of piperidine rings is 1. The third-order valence-electron chi connectivity index (χ3n) is 3.36. The van der Waals surface area contributed by atoms with Gasteiger partial charge in [-0.15, -0.1) is 0 Å². The Hall–Kier alpha value is -0.810. The van der Waals surface area contributed by atoms with Gasteiger partial charge in [0.05, 0.1) is 18.8 Å². The zero-order valence-electron chi connectivity index (χ0n) is 13.5. The van der Waals surface area contributed by atoms with E-state index in [1.165, 1.54) is 0 Å². The summed E-state index contributed by atoms with van der Waals surface area (Å²) in [6.07, 6.45) is 1.44. The average molecular weight is 287 g/mol. The molecule has 1 amide bonds. The van der Waals surface area contributed by atoms with Crippen molar-refractivity contribution < 1.29 is 19.0 Å². The van der Waals surface area contributed by atoms with Gasteiger partial charge in [0.25, 0.3) is 0 Å². The molecule has 1 rings (SSSR count). The average Bonchev–Trinajstić information content (AvgIpc) is 2.33. The van der Waals surface area contributed by atoms with E-state index in [-0.39, 0.29) is 11.7 Å². The van der Waals surface area contributed by atoms with Crippen molar-refractivity contribution >= 4 is 6.09 Å². The number of carbonyl (C=O) groups is 1. The minimum absolute atomic E-state index is 0.157. The van der Waals surface area contributed by atoms with Gasteiger partial charge in [-0.3, -0.25) is 0 Å². The van der Waals surface area contributed by atoms with E-state index in [0.29, 0.717) is 32.9 Å². The zero-order chi connectivity index (χ0) is 15.2. The van der Waals surface area contributed by atoms with Crippen LogP contribution >= 0.6 is 0 Å². The first kappa shape index (κ1) is 17.2. The lowest BCUT2D eigenvalue weighted by Gasteiger charge is -2.39. The standard InChI is InChI=1S/C15H29NO4/c1-6-18-11-12-19-15(5)7-9-16(10-8-15)13(17)20-14(2,3)4/h6-12H2,1-5H3. The van der Waals surface area contributed by atoms with E-state index in [1.54, 1.807) is 4.90 Å². The van der Waals surface area contributed by atoms with Crippen molar-refractivity contribution in [2.45, 2.75) is 58.7 Å². The van der Waals surface area contributed by atoms with Crippen molar-refractivity contribution in [1.29, 1.82) is 0 Å². The summed E-state index contributed by atoms with van der Waals surface area (Å²) in [5.41, 5.74) is -0.596. The summed E-state index contributed by atoms with van der Waals surface area (Å²) in [6.45, 7) is 13.0. The highest BCUT2D eigenvalue weighted by Crippen LogP contribution is 2.26. The number of carbonyl (C=O) groups excluding carboxylic acids is 1. The molecule has 5 heteroatoms. The smallest absolute Gasteiger partial charge is 0.410 e. The molecule has 0 radical (unpaired) electrons. The van der Waals surface area contributed by atoms with Crippen LogP contribution in [0.15, 0.2) is 0 Å². The van der Waals surface area contributed by atoms with Crippen LogP contribution in [-0.4, -0.2) is 55.1 Å². The summed E-state index contributed by atoms with van der Waals surface area (Å²) in [6, 6.07) is 0. The number of nitrogens with zero attached hydrogens (tertiary/aromatic N) is 1. The molecule has 0 spiro atoms. The van der Waals surface area contributed by atoms with Crippen molar-refractivity contribution in [1.82, 2.24) is 4.90 Å². The Morgan fingerprint density at radius 3 is 2.30 bits per heavy atom. The molecule has 1 saturated heterocycles. The van der Waals surface area contributed by atoms with Crippen LogP contribution in [0.2, 0.25) is 0 Å². The Morgan fingerprint density at radius 2 is 1.80 bits per heavy atom. The van der Waals surface area contributed by atoms with Crippen LogP contribution in [0.3, 0.4) is 0 Å². The van der Waals surface area contributed by atoms with Crippen LogP contribution in [0.25, 0.3) is 0 Å². The minimum Gasteiger partial charge on any atom is -0.444 e. The highest BCUT2D eigenvalue weighted by Gasteiger charge is 2.34. The summed E-state index contributed by atoms with van der Waals surface area (Å²) in [4.78, 5) is 13.7. The second-order valence-electron chi connectivity index (χ2n) is 6.46. The molecule has 118 valence electrons. The van der Waals surface area contributed by atoms with Gasteiger partial charge in [0.15, 0.2) is 0 Å². The van der Waals surface area contributed by atoms with E-state index in [2.05, 4.69) is 6.92 Å². The van der Waals surface area contributed by atoms with Gasteiger partial charge in [-0.25, -0.2) is 4.79 Å². The number of rotatable bonds is 5. The number of ether oxygens (including phenoxy) is 3. The maximum absolute atomic E-state index is 12.0. The van der Waals surface area contributed by atoms with Crippen molar-refractivity contribution in [2.24, 2.45) is 0 Å². The predicted molar refractivity (Wildman–Crippen MR) is 77.9 cm³/mol. The zero-order valence-corrected chi connectivity index (χ0v) is 13.5. The molecule has 1 aliphatic heterocycles. The molecule has 0 aliphatic carbocycles. The Labute approximate surface area is 122 Å². The highest BCUT2D eigenvalue weighted by molar-refractivity contribution is 5.68. The molecular formula is C15H29NO4. The lowest BCUT2D eigenvalue weighted by atomic mass is 9.93. The van der Waals surface area contributed by atoms with Crippen molar-refractivity contribution in [3.63, 3.8) is 0 Å². The number of hydrogen-bond donors (Lipinski definition) is 0. The molecule has 0 unspecified atom stereocenters. The minimum atomic E-state index is -0.439. The van der Waals surface area contributed by atoms with Gasteiger partial charge in [0, 0.05) is 19.7 Å². The van der Waals surface area contributed by atoms with E-state index < -0.39 is 5.60 Å². The van der Waals surface area contributed by atoms with Crippen LogP contribution in [0.5, 0.6) is 0 Å².